The lowest BCUT2D eigenvalue weighted by Gasteiger charge is -2.17. The molecule has 1 heterocycles. The Kier molecular flexibility index (Phi) is 4.02. The third-order valence-corrected chi connectivity index (χ3v) is 3.40. The van der Waals surface area contributed by atoms with Crippen LogP contribution in [0.5, 0.6) is 0 Å². The number of benzene rings is 2. The SMILES string of the molecule is OCCn1nnnc1C(c1ccccc1)c1ccccc1. The Balaban J connectivity index is 2.11. The minimum absolute atomic E-state index is 0.00827. The number of nitrogens with zero attached hydrogens (tertiary/aromatic N) is 4. The molecule has 1 aromatic heterocycles. The molecule has 0 unspecified atom stereocenters. The van der Waals surface area contributed by atoms with Crippen molar-refractivity contribution in [3.05, 3.63) is 77.6 Å². The second-order valence-corrected chi connectivity index (χ2v) is 4.74. The molecule has 0 spiro atoms. The summed E-state index contributed by atoms with van der Waals surface area (Å²) in [4.78, 5) is 0. The van der Waals surface area contributed by atoms with Gasteiger partial charge in [-0.05, 0) is 21.6 Å². The van der Waals surface area contributed by atoms with Gasteiger partial charge >= 0.3 is 0 Å². The minimum atomic E-state index is -0.0473. The second-order valence-electron chi connectivity index (χ2n) is 4.74. The molecule has 3 aromatic rings. The van der Waals surface area contributed by atoms with Crippen LogP contribution in [-0.2, 0) is 6.54 Å². The fraction of sp³-hybridized carbons (Fsp3) is 0.188. The van der Waals surface area contributed by atoms with Gasteiger partial charge < -0.3 is 5.11 Å². The Hall–Kier alpha value is -2.53. The molecule has 0 saturated carbocycles. The van der Waals surface area contributed by atoms with Gasteiger partial charge in [0.1, 0.15) is 0 Å². The van der Waals surface area contributed by atoms with Crippen molar-refractivity contribution in [3.8, 4) is 0 Å². The minimum Gasteiger partial charge on any atom is -0.394 e. The van der Waals surface area contributed by atoms with E-state index in [-0.39, 0.29) is 12.5 Å². The van der Waals surface area contributed by atoms with Gasteiger partial charge in [-0.1, -0.05) is 60.7 Å². The summed E-state index contributed by atoms with van der Waals surface area (Å²) in [6, 6.07) is 20.3. The summed E-state index contributed by atoms with van der Waals surface area (Å²) in [7, 11) is 0. The fourth-order valence-electron chi connectivity index (χ4n) is 2.45. The topological polar surface area (TPSA) is 63.8 Å². The van der Waals surface area contributed by atoms with Gasteiger partial charge in [0.05, 0.1) is 19.1 Å². The van der Waals surface area contributed by atoms with Crippen molar-refractivity contribution < 1.29 is 5.11 Å². The van der Waals surface area contributed by atoms with Gasteiger partial charge in [-0.15, -0.1) is 5.10 Å². The summed E-state index contributed by atoms with van der Waals surface area (Å²) in [6.07, 6.45) is 0. The van der Waals surface area contributed by atoms with Crippen LogP contribution in [0.3, 0.4) is 0 Å². The molecule has 3 rings (SSSR count). The van der Waals surface area contributed by atoms with Gasteiger partial charge in [-0.2, -0.15) is 0 Å². The zero-order chi connectivity index (χ0) is 14.5. The standard InChI is InChI=1S/C16H16N4O/c21-12-11-20-16(17-18-19-20)15(13-7-3-1-4-8-13)14-9-5-2-6-10-14/h1-10,15,21H,11-12H2. The first-order valence-electron chi connectivity index (χ1n) is 6.87. The molecule has 21 heavy (non-hydrogen) atoms. The summed E-state index contributed by atoms with van der Waals surface area (Å²) >= 11 is 0. The molecule has 0 atom stereocenters. The highest BCUT2D eigenvalue weighted by Gasteiger charge is 2.22. The Morgan fingerprint density at radius 1 is 0.905 bits per heavy atom. The Morgan fingerprint density at radius 3 is 2.00 bits per heavy atom. The molecule has 0 radical (unpaired) electrons. The summed E-state index contributed by atoms with van der Waals surface area (Å²) < 4.78 is 1.66. The Morgan fingerprint density at radius 2 is 1.48 bits per heavy atom. The lowest BCUT2D eigenvalue weighted by Crippen LogP contribution is -2.14. The number of aliphatic hydroxyl groups is 1. The van der Waals surface area contributed by atoms with Crippen LogP contribution in [-0.4, -0.2) is 31.9 Å². The molecule has 0 aliphatic carbocycles. The average Bonchev–Trinajstić information content (AvgIpc) is 2.98. The molecule has 0 bridgehead atoms. The highest BCUT2D eigenvalue weighted by Crippen LogP contribution is 2.29. The first kappa shape index (κ1) is 13.5. The highest BCUT2D eigenvalue weighted by molar-refractivity contribution is 5.37. The largest absolute Gasteiger partial charge is 0.394 e. The van der Waals surface area contributed by atoms with E-state index in [0.717, 1.165) is 17.0 Å². The smallest absolute Gasteiger partial charge is 0.163 e. The van der Waals surface area contributed by atoms with Crippen molar-refractivity contribution in [3.63, 3.8) is 0 Å². The third-order valence-electron chi connectivity index (χ3n) is 3.40. The summed E-state index contributed by atoms with van der Waals surface area (Å²) in [5, 5.41) is 21.1. The predicted molar refractivity (Wildman–Crippen MR) is 78.7 cm³/mol. The third kappa shape index (κ3) is 2.83. The van der Waals surface area contributed by atoms with Gasteiger partial charge in [-0.25, -0.2) is 4.68 Å². The molecule has 0 fully saturated rings. The van der Waals surface area contributed by atoms with Crippen molar-refractivity contribution in [2.24, 2.45) is 0 Å². The lowest BCUT2D eigenvalue weighted by molar-refractivity contribution is 0.265. The van der Waals surface area contributed by atoms with Crippen molar-refractivity contribution in [2.45, 2.75) is 12.5 Å². The molecular weight excluding hydrogens is 264 g/mol. The number of aromatic nitrogens is 4. The van der Waals surface area contributed by atoms with Crippen LogP contribution in [0, 0.1) is 0 Å². The van der Waals surface area contributed by atoms with Crippen molar-refractivity contribution in [1.82, 2.24) is 20.2 Å². The molecule has 5 heteroatoms. The summed E-state index contributed by atoms with van der Waals surface area (Å²) in [6.45, 7) is 0.396. The van der Waals surface area contributed by atoms with E-state index in [9.17, 15) is 0 Å². The van der Waals surface area contributed by atoms with Gasteiger partial charge in [0, 0.05) is 0 Å². The normalized spacial score (nSPS) is 11.0. The highest BCUT2D eigenvalue weighted by atomic mass is 16.3. The van der Waals surface area contributed by atoms with E-state index < -0.39 is 0 Å². The maximum atomic E-state index is 9.17. The van der Waals surface area contributed by atoms with E-state index >= 15 is 0 Å². The van der Waals surface area contributed by atoms with Gasteiger partial charge in [-0.3, -0.25) is 0 Å². The number of rotatable bonds is 5. The predicted octanol–water partition coefficient (Wildman–Crippen LogP) is 1.85. The van der Waals surface area contributed by atoms with Crippen LogP contribution in [0.4, 0.5) is 0 Å². The fourth-order valence-corrected chi connectivity index (χ4v) is 2.45. The molecule has 0 aliphatic rings. The first-order valence-corrected chi connectivity index (χ1v) is 6.87. The molecule has 2 aromatic carbocycles. The van der Waals surface area contributed by atoms with Crippen LogP contribution in [0.15, 0.2) is 60.7 Å². The van der Waals surface area contributed by atoms with Crippen LogP contribution in [0.1, 0.15) is 22.9 Å². The van der Waals surface area contributed by atoms with Crippen LogP contribution < -0.4 is 0 Å². The maximum absolute atomic E-state index is 9.17. The van der Waals surface area contributed by atoms with Gasteiger partial charge in [0.15, 0.2) is 5.82 Å². The van der Waals surface area contributed by atoms with E-state index in [1.54, 1.807) is 4.68 Å². The Bertz CT molecular complexity index is 642. The van der Waals surface area contributed by atoms with E-state index in [2.05, 4.69) is 39.8 Å². The van der Waals surface area contributed by atoms with Crippen LogP contribution in [0.2, 0.25) is 0 Å². The molecular formula is C16H16N4O. The van der Waals surface area contributed by atoms with E-state index in [1.165, 1.54) is 0 Å². The molecule has 5 nitrogen and oxygen atoms in total. The van der Waals surface area contributed by atoms with Crippen LogP contribution in [0.25, 0.3) is 0 Å². The maximum Gasteiger partial charge on any atom is 0.163 e. The van der Waals surface area contributed by atoms with Crippen molar-refractivity contribution in [1.29, 1.82) is 0 Å². The molecule has 1 N–H and O–H groups in total. The van der Waals surface area contributed by atoms with Crippen molar-refractivity contribution in [2.75, 3.05) is 6.61 Å². The average molecular weight is 280 g/mol. The quantitative estimate of drug-likeness (QED) is 0.774. The first-order chi connectivity index (χ1) is 10.4. The van der Waals surface area contributed by atoms with E-state index in [0.29, 0.717) is 6.54 Å². The van der Waals surface area contributed by atoms with E-state index in [4.69, 9.17) is 5.11 Å². The second kappa shape index (κ2) is 6.28. The number of aliphatic hydroxyl groups excluding tert-OH is 1. The lowest BCUT2D eigenvalue weighted by atomic mass is 9.90. The Labute approximate surface area is 122 Å². The number of hydrogen-bond donors (Lipinski definition) is 1. The summed E-state index contributed by atoms with van der Waals surface area (Å²) in [5.74, 6) is 0.690. The number of hydrogen-bond acceptors (Lipinski definition) is 4. The zero-order valence-corrected chi connectivity index (χ0v) is 11.5. The molecule has 0 saturated heterocycles. The van der Waals surface area contributed by atoms with E-state index in [1.807, 2.05) is 36.4 Å². The monoisotopic (exact) mass is 280 g/mol. The number of tetrazole rings is 1. The summed E-state index contributed by atoms with van der Waals surface area (Å²) in [5.41, 5.74) is 2.25. The zero-order valence-electron chi connectivity index (χ0n) is 11.5. The molecule has 0 amide bonds. The van der Waals surface area contributed by atoms with Gasteiger partial charge in [0.2, 0.25) is 0 Å². The van der Waals surface area contributed by atoms with Crippen molar-refractivity contribution >= 4 is 0 Å². The molecule has 106 valence electrons. The molecule has 0 aliphatic heterocycles. The van der Waals surface area contributed by atoms with Gasteiger partial charge in [0.25, 0.3) is 0 Å². The van der Waals surface area contributed by atoms with Crippen LogP contribution >= 0.6 is 0 Å².